The van der Waals surface area contributed by atoms with Crippen molar-refractivity contribution in [2.45, 2.75) is 45.9 Å². The van der Waals surface area contributed by atoms with Crippen molar-refractivity contribution < 1.29 is 0 Å². The van der Waals surface area contributed by atoms with Gasteiger partial charge in [0.05, 0.1) is 12.0 Å². The lowest BCUT2D eigenvalue weighted by Crippen LogP contribution is -2.26. The van der Waals surface area contributed by atoms with Gasteiger partial charge in [-0.3, -0.25) is 4.79 Å². The van der Waals surface area contributed by atoms with Gasteiger partial charge in [0.15, 0.2) is 5.96 Å². The standard InChI is InChI=1S/C19H31N7OS2/c1-4-25(5-2)8-6-7-16-14(3)26(13-22-17(16)27)9-10-28-11-15-12-29-19(23-15)24-18(20)21/h12-13H,4-11H2,1-3H3,(H4,20,21,23,24). The second-order valence-electron chi connectivity index (χ2n) is 6.65. The van der Waals surface area contributed by atoms with Gasteiger partial charge in [0.1, 0.15) is 0 Å². The van der Waals surface area contributed by atoms with Crippen molar-refractivity contribution in [1.82, 2.24) is 19.4 Å². The molecule has 160 valence electrons. The number of hydrogen-bond donors (Lipinski definition) is 2. The van der Waals surface area contributed by atoms with Gasteiger partial charge < -0.3 is 20.9 Å². The number of aryl methyl sites for hydroxylation is 1. The van der Waals surface area contributed by atoms with Crippen molar-refractivity contribution in [3.63, 3.8) is 0 Å². The van der Waals surface area contributed by atoms with Gasteiger partial charge in [0, 0.05) is 34.7 Å². The van der Waals surface area contributed by atoms with Crippen molar-refractivity contribution in [1.29, 1.82) is 0 Å². The van der Waals surface area contributed by atoms with E-state index in [4.69, 9.17) is 11.5 Å². The molecule has 0 radical (unpaired) electrons. The lowest BCUT2D eigenvalue weighted by Gasteiger charge is -2.18. The molecule has 10 heteroatoms. The summed E-state index contributed by atoms with van der Waals surface area (Å²) >= 11 is 3.21. The summed E-state index contributed by atoms with van der Waals surface area (Å²) in [5.41, 5.74) is 13.5. The highest BCUT2D eigenvalue weighted by Crippen LogP contribution is 2.22. The van der Waals surface area contributed by atoms with Crippen molar-refractivity contribution in [3.05, 3.63) is 39.0 Å². The first kappa shape index (κ1) is 23.4. The van der Waals surface area contributed by atoms with Gasteiger partial charge in [0.2, 0.25) is 5.13 Å². The van der Waals surface area contributed by atoms with Crippen molar-refractivity contribution in [2.75, 3.05) is 25.4 Å². The SMILES string of the molecule is CCN(CC)CCCc1c(C)n(CCSCc2csc(N=C(N)N)n2)cnc1=O. The minimum Gasteiger partial charge on any atom is -0.370 e. The highest BCUT2D eigenvalue weighted by molar-refractivity contribution is 7.98. The van der Waals surface area contributed by atoms with E-state index in [1.165, 1.54) is 11.3 Å². The summed E-state index contributed by atoms with van der Waals surface area (Å²) in [5.74, 6) is 1.71. The fourth-order valence-electron chi connectivity index (χ4n) is 3.01. The molecule has 0 atom stereocenters. The topological polar surface area (TPSA) is 115 Å². The third-order valence-electron chi connectivity index (χ3n) is 4.73. The van der Waals surface area contributed by atoms with Crippen molar-refractivity contribution in [2.24, 2.45) is 16.5 Å². The second-order valence-corrected chi connectivity index (χ2v) is 8.59. The Bertz CT molecular complexity index is 854. The zero-order valence-corrected chi connectivity index (χ0v) is 19.1. The van der Waals surface area contributed by atoms with Gasteiger partial charge in [-0.2, -0.15) is 21.7 Å². The van der Waals surface area contributed by atoms with Crippen LogP contribution < -0.4 is 17.0 Å². The lowest BCUT2D eigenvalue weighted by molar-refractivity contribution is 0.299. The molecule has 2 aromatic heterocycles. The van der Waals surface area contributed by atoms with E-state index >= 15 is 0 Å². The molecule has 0 amide bonds. The van der Waals surface area contributed by atoms with Crippen LogP contribution in [0.4, 0.5) is 5.13 Å². The van der Waals surface area contributed by atoms with Crippen LogP contribution in [0.2, 0.25) is 0 Å². The first-order chi connectivity index (χ1) is 13.9. The van der Waals surface area contributed by atoms with E-state index in [9.17, 15) is 4.79 Å². The molecule has 4 N–H and O–H groups in total. The van der Waals surface area contributed by atoms with E-state index in [1.807, 2.05) is 12.3 Å². The maximum absolute atomic E-state index is 12.2. The number of aliphatic imine (C=N–C) groups is 1. The molecule has 0 saturated carbocycles. The largest absolute Gasteiger partial charge is 0.370 e. The summed E-state index contributed by atoms with van der Waals surface area (Å²) in [7, 11) is 0. The molecule has 2 aromatic rings. The summed E-state index contributed by atoms with van der Waals surface area (Å²) in [5, 5.41) is 2.55. The molecule has 29 heavy (non-hydrogen) atoms. The van der Waals surface area contributed by atoms with Crippen LogP contribution in [0.5, 0.6) is 0 Å². The van der Waals surface area contributed by atoms with E-state index in [0.717, 1.165) is 67.5 Å². The van der Waals surface area contributed by atoms with Gasteiger partial charge in [0.25, 0.3) is 5.56 Å². The Labute approximate surface area is 180 Å². The first-order valence-corrected chi connectivity index (χ1v) is 11.9. The molecule has 2 rings (SSSR count). The van der Waals surface area contributed by atoms with E-state index in [0.29, 0.717) is 5.13 Å². The lowest BCUT2D eigenvalue weighted by atomic mass is 10.1. The Kier molecular flexibility index (Phi) is 9.62. The van der Waals surface area contributed by atoms with E-state index in [2.05, 4.69) is 38.3 Å². The average molecular weight is 438 g/mol. The zero-order chi connectivity index (χ0) is 21.2. The van der Waals surface area contributed by atoms with Gasteiger partial charge in [-0.15, -0.1) is 11.3 Å². The molecule has 0 aliphatic heterocycles. The Morgan fingerprint density at radius 3 is 2.79 bits per heavy atom. The quantitative estimate of drug-likeness (QED) is 0.297. The molecule has 0 saturated heterocycles. The third-order valence-corrected chi connectivity index (χ3v) is 6.48. The van der Waals surface area contributed by atoms with Crippen LogP contribution in [0.25, 0.3) is 0 Å². The Morgan fingerprint density at radius 2 is 2.10 bits per heavy atom. The van der Waals surface area contributed by atoms with Gasteiger partial charge >= 0.3 is 0 Å². The number of nitrogens with zero attached hydrogens (tertiary/aromatic N) is 5. The van der Waals surface area contributed by atoms with Crippen molar-refractivity contribution >= 4 is 34.2 Å². The number of rotatable bonds is 12. The Balaban J connectivity index is 1.86. The molecule has 0 aliphatic rings. The fraction of sp³-hybridized carbons (Fsp3) is 0.579. The summed E-state index contributed by atoms with van der Waals surface area (Å²) in [6.07, 6.45) is 3.40. The predicted molar refractivity (Wildman–Crippen MR) is 123 cm³/mol. The molecular weight excluding hydrogens is 406 g/mol. The predicted octanol–water partition coefficient (Wildman–Crippen LogP) is 2.12. The smallest absolute Gasteiger partial charge is 0.276 e. The summed E-state index contributed by atoms with van der Waals surface area (Å²) < 4.78 is 2.08. The average Bonchev–Trinajstić information content (AvgIpc) is 3.12. The number of thioether (sulfide) groups is 1. The first-order valence-electron chi connectivity index (χ1n) is 9.83. The molecule has 0 aliphatic carbocycles. The number of nitrogens with two attached hydrogens (primary N) is 2. The van der Waals surface area contributed by atoms with Crippen LogP contribution >= 0.6 is 23.1 Å². The van der Waals surface area contributed by atoms with Crippen LogP contribution in [0.1, 0.15) is 37.2 Å². The number of hydrogen-bond acceptors (Lipinski definition) is 7. The minimum atomic E-state index is -0.0966. The van der Waals surface area contributed by atoms with Gasteiger partial charge in [-0.1, -0.05) is 13.8 Å². The molecule has 2 heterocycles. The number of thiazole rings is 1. The third kappa shape index (κ3) is 7.45. The highest BCUT2D eigenvalue weighted by Gasteiger charge is 2.10. The zero-order valence-electron chi connectivity index (χ0n) is 17.4. The van der Waals surface area contributed by atoms with E-state index < -0.39 is 0 Å². The summed E-state index contributed by atoms with van der Waals surface area (Å²) in [6.45, 7) is 10.2. The molecule has 0 unspecified atom stereocenters. The monoisotopic (exact) mass is 437 g/mol. The number of aromatic nitrogens is 3. The molecule has 0 bridgehead atoms. The Hall–Kier alpha value is -1.91. The maximum atomic E-state index is 12.2. The normalized spacial score (nSPS) is 11.2. The highest BCUT2D eigenvalue weighted by atomic mass is 32.2. The fourth-order valence-corrected chi connectivity index (χ4v) is 4.65. The Morgan fingerprint density at radius 1 is 1.34 bits per heavy atom. The van der Waals surface area contributed by atoms with Crippen LogP contribution in [-0.4, -0.2) is 50.8 Å². The molecule has 8 nitrogen and oxygen atoms in total. The number of guanidine groups is 1. The van der Waals surface area contributed by atoms with E-state index in [-0.39, 0.29) is 11.5 Å². The van der Waals surface area contributed by atoms with Gasteiger partial charge in [-0.05, 0) is 39.4 Å². The van der Waals surface area contributed by atoms with Crippen molar-refractivity contribution in [3.8, 4) is 0 Å². The van der Waals surface area contributed by atoms with Crippen LogP contribution in [0.15, 0.2) is 21.5 Å². The molecule has 0 fully saturated rings. The molecular formula is C19H31N7OS2. The van der Waals surface area contributed by atoms with Gasteiger partial charge in [-0.25, -0.2) is 4.98 Å². The van der Waals surface area contributed by atoms with E-state index in [1.54, 1.807) is 18.1 Å². The van der Waals surface area contributed by atoms with Crippen LogP contribution in [0, 0.1) is 6.92 Å². The van der Waals surface area contributed by atoms with Crippen LogP contribution in [0.3, 0.4) is 0 Å². The maximum Gasteiger partial charge on any atom is 0.276 e. The second kappa shape index (κ2) is 11.9. The molecule has 0 aromatic carbocycles. The minimum absolute atomic E-state index is 0.0210. The molecule has 0 spiro atoms. The summed E-state index contributed by atoms with van der Waals surface area (Å²) in [4.78, 5) is 27.0. The van der Waals surface area contributed by atoms with Crippen LogP contribution in [-0.2, 0) is 18.7 Å². The summed E-state index contributed by atoms with van der Waals surface area (Å²) in [6, 6.07) is 0.